The molecule has 0 bridgehead atoms. The van der Waals surface area contributed by atoms with Crippen LogP contribution >= 0.6 is 27.3 Å². The smallest absolute Gasteiger partial charge is 0.242 e. The van der Waals surface area contributed by atoms with Crippen LogP contribution < -0.4 is 10.0 Å². The van der Waals surface area contributed by atoms with Crippen LogP contribution in [0.15, 0.2) is 14.7 Å². The molecule has 0 aromatic carbocycles. The Kier molecular flexibility index (Phi) is 8.23. The highest BCUT2D eigenvalue weighted by atomic mass is 79.9. The van der Waals surface area contributed by atoms with Gasteiger partial charge in [0.15, 0.2) is 0 Å². The first-order valence-corrected chi connectivity index (χ1v) is 9.66. The van der Waals surface area contributed by atoms with Crippen molar-refractivity contribution in [1.82, 2.24) is 10.0 Å². The van der Waals surface area contributed by atoms with Gasteiger partial charge in [0.2, 0.25) is 10.0 Å². The van der Waals surface area contributed by atoms with Gasteiger partial charge in [-0.2, -0.15) is 0 Å². The van der Waals surface area contributed by atoms with Gasteiger partial charge in [-0.25, -0.2) is 13.1 Å². The summed E-state index contributed by atoms with van der Waals surface area (Å²) < 4.78 is 32.6. The molecule has 2 N–H and O–H groups in total. The molecule has 0 aliphatic rings. The molecule has 0 aliphatic heterocycles. The third-order valence-electron chi connectivity index (χ3n) is 2.46. The maximum atomic E-state index is 12.1. The van der Waals surface area contributed by atoms with E-state index in [1.165, 1.54) is 11.3 Å². The van der Waals surface area contributed by atoms with Crippen LogP contribution in [0.3, 0.4) is 0 Å². The zero-order chi connectivity index (χ0) is 15.0. The Bertz CT molecular complexity index is 503. The van der Waals surface area contributed by atoms with E-state index in [1.807, 2.05) is 6.92 Å². The Morgan fingerprint density at radius 3 is 2.75 bits per heavy atom. The van der Waals surface area contributed by atoms with Crippen LogP contribution in [0.4, 0.5) is 0 Å². The summed E-state index contributed by atoms with van der Waals surface area (Å²) in [5.74, 6) is 0. The zero-order valence-corrected chi connectivity index (χ0v) is 15.0. The second-order valence-electron chi connectivity index (χ2n) is 4.12. The maximum absolute atomic E-state index is 12.1. The lowest BCUT2D eigenvalue weighted by molar-refractivity contribution is 0.153. The Balaban J connectivity index is 2.64. The van der Waals surface area contributed by atoms with E-state index < -0.39 is 10.0 Å². The molecule has 1 heterocycles. The zero-order valence-electron chi connectivity index (χ0n) is 11.7. The minimum absolute atomic E-state index is 0.280. The highest BCUT2D eigenvalue weighted by Gasteiger charge is 2.20. The van der Waals surface area contributed by atoms with Crippen molar-refractivity contribution >= 4 is 37.3 Å². The van der Waals surface area contributed by atoms with Crippen molar-refractivity contribution in [2.75, 3.05) is 26.3 Å². The first-order chi connectivity index (χ1) is 9.51. The van der Waals surface area contributed by atoms with Gasteiger partial charge in [-0.05, 0) is 41.9 Å². The van der Waals surface area contributed by atoms with Gasteiger partial charge in [0, 0.05) is 24.6 Å². The molecule has 1 aromatic rings. The standard InChI is InChI=1S/C12H21BrN2O3S2/c1-3-5-14-9-10-8-11(12(13)19-10)20(16,17)15-6-7-18-4-2/h8,14-15H,3-7,9H2,1-2H3. The molecule has 0 atom stereocenters. The van der Waals surface area contributed by atoms with Gasteiger partial charge in [0.1, 0.15) is 4.90 Å². The Morgan fingerprint density at radius 2 is 2.10 bits per heavy atom. The van der Waals surface area contributed by atoms with Crippen LogP contribution in [-0.2, 0) is 21.3 Å². The molecule has 1 rings (SSSR count). The molecule has 0 spiro atoms. The van der Waals surface area contributed by atoms with Crippen molar-refractivity contribution in [3.63, 3.8) is 0 Å². The number of halogens is 1. The summed E-state index contributed by atoms with van der Waals surface area (Å²) in [7, 11) is -3.48. The Hall–Kier alpha value is 0.01000. The number of rotatable bonds is 10. The first-order valence-electron chi connectivity index (χ1n) is 6.57. The monoisotopic (exact) mass is 384 g/mol. The van der Waals surface area contributed by atoms with Gasteiger partial charge in [0.05, 0.1) is 10.4 Å². The van der Waals surface area contributed by atoms with Gasteiger partial charge in [0.25, 0.3) is 0 Å². The minimum Gasteiger partial charge on any atom is -0.380 e. The lowest BCUT2D eigenvalue weighted by atomic mass is 10.4. The van der Waals surface area contributed by atoms with Crippen molar-refractivity contribution in [3.05, 3.63) is 14.7 Å². The summed E-state index contributed by atoms with van der Waals surface area (Å²) in [5, 5.41) is 3.26. The molecule has 0 saturated heterocycles. The quantitative estimate of drug-likeness (QED) is 0.607. The van der Waals surface area contributed by atoms with E-state index in [4.69, 9.17) is 4.74 Å². The van der Waals surface area contributed by atoms with Gasteiger partial charge >= 0.3 is 0 Å². The average molecular weight is 385 g/mol. The van der Waals surface area contributed by atoms with Crippen LogP contribution in [0.5, 0.6) is 0 Å². The van der Waals surface area contributed by atoms with E-state index in [2.05, 4.69) is 32.9 Å². The fourth-order valence-electron chi connectivity index (χ4n) is 1.53. The van der Waals surface area contributed by atoms with E-state index in [0.29, 0.717) is 28.4 Å². The molecule has 0 radical (unpaired) electrons. The third-order valence-corrected chi connectivity index (χ3v) is 6.18. The molecule has 8 heteroatoms. The van der Waals surface area contributed by atoms with Crippen LogP contribution in [0.2, 0.25) is 0 Å². The first kappa shape index (κ1) is 18.1. The molecule has 5 nitrogen and oxygen atoms in total. The van der Waals surface area contributed by atoms with Crippen molar-refractivity contribution < 1.29 is 13.2 Å². The number of nitrogens with one attached hydrogen (secondary N) is 2. The fourth-order valence-corrected chi connectivity index (χ4v) is 5.19. The molecule has 0 saturated carbocycles. The lowest BCUT2D eigenvalue weighted by Crippen LogP contribution is -2.27. The summed E-state index contributed by atoms with van der Waals surface area (Å²) in [5.41, 5.74) is 0. The van der Waals surface area contributed by atoms with Crippen LogP contribution in [-0.4, -0.2) is 34.7 Å². The average Bonchev–Trinajstić information content (AvgIpc) is 2.77. The van der Waals surface area contributed by atoms with E-state index in [0.717, 1.165) is 17.8 Å². The molecule has 0 amide bonds. The number of hydrogen-bond acceptors (Lipinski definition) is 5. The number of ether oxygens (including phenoxy) is 1. The molecule has 0 fully saturated rings. The second-order valence-corrected chi connectivity index (χ2v) is 8.31. The molecular formula is C12H21BrN2O3S2. The lowest BCUT2D eigenvalue weighted by Gasteiger charge is -2.05. The number of thiophene rings is 1. The molecular weight excluding hydrogens is 364 g/mol. The van der Waals surface area contributed by atoms with Crippen LogP contribution in [0.25, 0.3) is 0 Å². The SMILES string of the molecule is CCCNCc1cc(S(=O)(=O)NCCOCC)c(Br)s1. The van der Waals surface area contributed by atoms with Gasteiger partial charge in [-0.3, -0.25) is 0 Å². The van der Waals surface area contributed by atoms with Crippen molar-refractivity contribution in [2.45, 2.75) is 31.7 Å². The maximum Gasteiger partial charge on any atom is 0.242 e. The summed E-state index contributed by atoms with van der Waals surface area (Å²) in [4.78, 5) is 1.29. The summed E-state index contributed by atoms with van der Waals surface area (Å²) in [6.45, 7) is 6.81. The fraction of sp³-hybridized carbons (Fsp3) is 0.667. The molecule has 1 aromatic heterocycles. The minimum atomic E-state index is -3.48. The summed E-state index contributed by atoms with van der Waals surface area (Å²) in [6.07, 6.45) is 1.05. The normalized spacial score (nSPS) is 11.9. The summed E-state index contributed by atoms with van der Waals surface area (Å²) >= 11 is 4.76. The van der Waals surface area contributed by atoms with E-state index in [9.17, 15) is 8.42 Å². The second kappa shape index (κ2) is 9.11. The van der Waals surface area contributed by atoms with Crippen LogP contribution in [0, 0.1) is 0 Å². The third kappa shape index (κ3) is 5.79. The van der Waals surface area contributed by atoms with Gasteiger partial charge < -0.3 is 10.1 Å². The number of sulfonamides is 1. The van der Waals surface area contributed by atoms with Gasteiger partial charge in [-0.15, -0.1) is 11.3 Å². The summed E-state index contributed by atoms with van der Waals surface area (Å²) in [6, 6.07) is 1.71. The topological polar surface area (TPSA) is 67.4 Å². The Labute approximate surface area is 133 Å². The van der Waals surface area contributed by atoms with Crippen LogP contribution in [0.1, 0.15) is 25.1 Å². The Morgan fingerprint density at radius 1 is 1.35 bits per heavy atom. The number of hydrogen-bond donors (Lipinski definition) is 2. The largest absolute Gasteiger partial charge is 0.380 e. The molecule has 0 unspecified atom stereocenters. The van der Waals surface area contributed by atoms with Crippen molar-refractivity contribution in [2.24, 2.45) is 0 Å². The van der Waals surface area contributed by atoms with Crippen molar-refractivity contribution in [3.8, 4) is 0 Å². The molecule has 20 heavy (non-hydrogen) atoms. The van der Waals surface area contributed by atoms with Crippen molar-refractivity contribution in [1.29, 1.82) is 0 Å². The molecule has 0 aliphatic carbocycles. The highest BCUT2D eigenvalue weighted by molar-refractivity contribution is 9.11. The molecule has 116 valence electrons. The predicted octanol–water partition coefficient (Wildman–Crippen LogP) is 2.33. The predicted molar refractivity (Wildman–Crippen MR) is 85.7 cm³/mol. The van der Waals surface area contributed by atoms with E-state index in [1.54, 1.807) is 6.07 Å². The van der Waals surface area contributed by atoms with E-state index in [-0.39, 0.29) is 6.54 Å². The van der Waals surface area contributed by atoms with Gasteiger partial charge in [-0.1, -0.05) is 6.92 Å². The van der Waals surface area contributed by atoms with E-state index >= 15 is 0 Å². The highest BCUT2D eigenvalue weighted by Crippen LogP contribution is 2.31.